The molecule has 2 N–H and O–H groups in total. The van der Waals surface area contributed by atoms with Crippen LogP contribution in [0.25, 0.3) is 11.3 Å². The number of nitriles is 1. The zero-order valence-corrected chi connectivity index (χ0v) is 17.5. The number of nitrogens with zero attached hydrogens (tertiary/aromatic N) is 4. The molecule has 1 aromatic heterocycles. The number of phenols is 1. The minimum Gasteiger partial charge on any atom is -0.507 e. The van der Waals surface area contributed by atoms with E-state index in [9.17, 15) is 18.3 Å². The summed E-state index contributed by atoms with van der Waals surface area (Å²) in [4.78, 5) is 2.12. The molecule has 9 heteroatoms. The first-order valence-corrected chi connectivity index (χ1v) is 11.0. The van der Waals surface area contributed by atoms with Gasteiger partial charge in [-0.3, -0.25) is 4.90 Å². The summed E-state index contributed by atoms with van der Waals surface area (Å²) in [6.45, 7) is 2.07. The molecule has 3 atom stereocenters. The molecule has 168 valence electrons. The predicted molar refractivity (Wildman–Crippen MR) is 112 cm³/mol. The van der Waals surface area contributed by atoms with Crippen LogP contribution in [0, 0.1) is 11.3 Å². The minimum absolute atomic E-state index is 0.167. The van der Waals surface area contributed by atoms with Gasteiger partial charge < -0.3 is 10.4 Å². The molecule has 2 heterocycles. The molecular formula is C23H24F3N5O. The number of halogens is 3. The fourth-order valence-electron chi connectivity index (χ4n) is 5.62. The van der Waals surface area contributed by atoms with Crippen LogP contribution in [0.4, 0.5) is 19.0 Å². The van der Waals surface area contributed by atoms with Crippen LogP contribution in [0.5, 0.6) is 5.75 Å². The highest BCUT2D eigenvalue weighted by Crippen LogP contribution is 2.57. The fraction of sp³-hybridized carbons (Fsp3) is 0.522. The normalized spacial score (nSPS) is 24.9. The van der Waals surface area contributed by atoms with E-state index in [-0.39, 0.29) is 12.0 Å². The zero-order chi connectivity index (χ0) is 22.5. The van der Waals surface area contributed by atoms with Gasteiger partial charge in [-0.25, -0.2) is 0 Å². The van der Waals surface area contributed by atoms with E-state index < -0.39 is 17.5 Å². The number of likely N-dealkylation sites (tertiary alicyclic amines) is 1. The van der Waals surface area contributed by atoms with Crippen molar-refractivity contribution in [2.24, 2.45) is 0 Å². The van der Waals surface area contributed by atoms with Gasteiger partial charge in [0.2, 0.25) is 0 Å². The van der Waals surface area contributed by atoms with E-state index in [2.05, 4.69) is 26.5 Å². The summed E-state index contributed by atoms with van der Waals surface area (Å²) in [7, 11) is 0. The Morgan fingerprint density at radius 2 is 1.94 bits per heavy atom. The van der Waals surface area contributed by atoms with Gasteiger partial charge in [-0.05, 0) is 74.2 Å². The van der Waals surface area contributed by atoms with Crippen LogP contribution in [0.15, 0.2) is 18.2 Å². The standard InChI is InChI=1S/C23H24F3N5O/c24-23(25,26)15-5-6-17(18(32)11-15)21-19-13-3-4-14(10-13)20(19)22(30-29-21)28-16-2-1-8-31(12-16)9-7-27/h5-6,11,13-14,16,32H,1-4,8-10,12H2,(H,28,30)/t13?,14?,16-/m1/s1. The Morgan fingerprint density at radius 3 is 2.66 bits per heavy atom. The molecular weight excluding hydrogens is 419 g/mol. The number of aromatic hydroxyl groups is 1. The van der Waals surface area contributed by atoms with Crippen molar-refractivity contribution in [3.05, 3.63) is 34.9 Å². The Morgan fingerprint density at radius 1 is 1.16 bits per heavy atom. The molecule has 2 aromatic rings. The topological polar surface area (TPSA) is 85.1 Å². The first-order chi connectivity index (χ1) is 15.3. The molecule has 0 radical (unpaired) electrons. The largest absolute Gasteiger partial charge is 0.507 e. The Bertz CT molecular complexity index is 1080. The van der Waals surface area contributed by atoms with Gasteiger partial charge in [0, 0.05) is 23.7 Å². The van der Waals surface area contributed by atoms with Crippen LogP contribution in [-0.2, 0) is 6.18 Å². The SMILES string of the molecule is N#CCN1CCC[C@@H](Nc2nnc(-c3ccc(C(F)(F)F)cc3O)c3c2C2CCC3C2)C1. The van der Waals surface area contributed by atoms with Crippen molar-refractivity contribution < 1.29 is 18.3 Å². The molecule has 32 heavy (non-hydrogen) atoms. The summed E-state index contributed by atoms with van der Waals surface area (Å²) in [5, 5.41) is 31.8. The molecule has 1 saturated carbocycles. The van der Waals surface area contributed by atoms with Crippen LogP contribution >= 0.6 is 0 Å². The molecule has 6 nitrogen and oxygen atoms in total. The third-order valence-corrected chi connectivity index (χ3v) is 7.02. The third-order valence-electron chi connectivity index (χ3n) is 7.02. The Kier molecular flexibility index (Phi) is 5.20. The summed E-state index contributed by atoms with van der Waals surface area (Å²) in [5.41, 5.74) is 2.00. The first kappa shape index (κ1) is 21.0. The number of benzene rings is 1. The number of nitrogens with one attached hydrogen (secondary N) is 1. The summed E-state index contributed by atoms with van der Waals surface area (Å²) in [6.07, 6.45) is 0.512. The Labute approximate surface area is 184 Å². The monoisotopic (exact) mass is 443 g/mol. The molecule has 1 aromatic carbocycles. The van der Waals surface area contributed by atoms with E-state index >= 15 is 0 Å². The molecule has 3 aliphatic rings. The van der Waals surface area contributed by atoms with Gasteiger partial charge in [-0.2, -0.15) is 18.4 Å². The van der Waals surface area contributed by atoms with Gasteiger partial charge in [-0.15, -0.1) is 10.2 Å². The molecule has 1 aliphatic heterocycles. The smallest absolute Gasteiger partial charge is 0.416 e. The molecule has 0 amide bonds. The second-order valence-electron chi connectivity index (χ2n) is 9.04. The highest BCUT2D eigenvalue weighted by Gasteiger charge is 2.42. The summed E-state index contributed by atoms with van der Waals surface area (Å²) in [6, 6.07) is 5.41. The van der Waals surface area contributed by atoms with Crippen molar-refractivity contribution in [3.8, 4) is 23.1 Å². The number of alkyl halides is 3. The van der Waals surface area contributed by atoms with Gasteiger partial charge >= 0.3 is 6.18 Å². The third kappa shape index (κ3) is 3.66. The lowest BCUT2D eigenvalue weighted by atomic mass is 9.88. The lowest BCUT2D eigenvalue weighted by molar-refractivity contribution is -0.137. The number of phenolic OH excluding ortho intramolecular Hbond substituents is 1. The van der Waals surface area contributed by atoms with Crippen molar-refractivity contribution in [1.29, 1.82) is 5.26 Å². The summed E-state index contributed by atoms with van der Waals surface area (Å²) in [5.74, 6) is 0.941. The van der Waals surface area contributed by atoms with Crippen molar-refractivity contribution >= 4 is 5.82 Å². The maximum atomic E-state index is 13.0. The molecule has 2 bridgehead atoms. The number of rotatable bonds is 4. The van der Waals surface area contributed by atoms with Crippen molar-refractivity contribution in [2.75, 3.05) is 25.0 Å². The van der Waals surface area contributed by atoms with E-state index in [0.717, 1.165) is 74.3 Å². The van der Waals surface area contributed by atoms with Crippen LogP contribution < -0.4 is 5.32 Å². The fourth-order valence-corrected chi connectivity index (χ4v) is 5.62. The van der Waals surface area contributed by atoms with E-state index in [1.54, 1.807) is 0 Å². The quantitative estimate of drug-likeness (QED) is 0.670. The summed E-state index contributed by atoms with van der Waals surface area (Å²) < 4.78 is 39.1. The van der Waals surface area contributed by atoms with Crippen LogP contribution in [0.3, 0.4) is 0 Å². The molecule has 0 spiro atoms. The van der Waals surface area contributed by atoms with E-state index in [1.807, 2.05) is 0 Å². The number of hydrogen-bond acceptors (Lipinski definition) is 6. The average Bonchev–Trinajstić information content (AvgIpc) is 3.37. The highest BCUT2D eigenvalue weighted by molar-refractivity contribution is 5.75. The minimum atomic E-state index is -4.52. The Balaban J connectivity index is 1.50. The second-order valence-corrected chi connectivity index (χ2v) is 9.04. The number of anilines is 1. The maximum absolute atomic E-state index is 13.0. The van der Waals surface area contributed by atoms with Crippen LogP contribution in [-0.4, -0.2) is 45.9 Å². The van der Waals surface area contributed by atoms with Crippen molar-refractivity contribution in [3.63, 3.8) is 0 Å². The highest BCUT2D eigenvalue weighted by atomic mass is 19.4. The maximum Gasteiger partial charge on any atom is 0.416 e. The van der Waals surface area contributed by atoms with E-state index in [1.165, 1.54) is 6.07 Å². The van der Waals surface area contributed by atoms with E-state index in [4.69, 9.17) is 5.26 Å². The van der Waals surface area contributed by atoms with Crippen molar-refractivity contribution in [2.45, 2.75) is 56.2 Å². The van der Waals surface area contributed by atoms with Gasteiger partial charge in [0.25, 0.3) is 0 Å². The molecule has 5 rings (SSSR count). The van der Waals surface area contributed by atoms with Gasteiger partial charge in [-0.1, -0.05) is 0 Å². The number of hydrogen-bond donors (Lipinski definition) is 2. The molecule has 2 fully saturated rings. The predicted octanol–water partition coefficient (Wildman–Crippen LogP) is 4.63. The lowest BCUT2D eigenvalue weighted by Crippen LogP contribution is -2.42. The molecule has 2 unspecified atom stereocenters. The average molecular weight is 443 g/mol. The van der Waals surface area contributed by atoms with Gasteiger partial charge in [0.1, 0.15) is 11.4 Å². The summed E-state index contributed by atoms with van der Waals surface area (Å²) >= 11 is 0. The Hall–Kier alpha value is -2.86. The number of aromatic nitrogens is 2. The van der Waals surface area contributed by atoms with Crippen LogP contribution in [0.2, 0.25) is 0 Å². The zero-order valence-electron chi connectivity index (χ0n) is 17.5. The van der Waals surface area contributed by atoms with E-state index in [0.29, 0.717) is 23.7 Å². The lowest BCUT2D eigenvalue weighted by Gasteiger charge is -2.32. The van der Waals surface area contributed by atoms with Gasteiger partial charge in [0.15, 0.2) is 5.82 Å². The van der Waals surface area contributed by atoms with Crippen molar-refractivity contribution in [1.82, 2.24) is 15.1 Å². The number of fused-ring (bicyclic) bond motifs is 5. The van der Waals surface area contributed by atoms with Crippen LogP contribution in [0.1, 0.15) is 60.6 Å². The van der Waals surface area contributed by atoms with Gasteiger partial charge in [0.05, 0.1) is 18.2 Å². The molecule has 1 saturated heterocycles. The first-order valence-electron chi connectivity index (χ1n) is 11.0. The number of piperidine rings is 1. The molecule has 2 aliphatic carbocycles. The second kappa shape index (κ2) is 7.93.